The molecule has 1 aromatic rings. The van der Waals surface area contributed by atoms with E-state index in [-0.39, 0.29) is 12.0 Å². The van der Waals surface area contributed by atoms with Crippen LogP contribution in [0.3, 0.4) is 0 Å². The van der Waals surface area contributed by atoms with E-state index in [0.29, 0.717) is 6.04 Å². The molecule has 0 saturated carbocycles. The number of piperazine rings is 1. The van der Waals surface area contributed by atoms with Crippen LogP contribution in [-0.4, -0.2) is 49.2 Å². The molecule has 20 heavy (non-hydrogen) atoms. The summed E-state index contributed by atoms with van der Waals surface area (Å²) in [6.45, 7) is 3.35. The number of hydrogen-bond acceptors (Lipinski definition) is 3. The van der Waals surface area contributed by atoms with Crippen LogP contribution in [0.1, 0.15) is 18.4 Å². The average molecular weight is 272 g/mol. The van der Waals surface area contributed by atoms with E-state index in [0.717, 1.165) is 45.5 Å². The molecule has 0 bridgehead atoms. The molecule has 0 radical (unpaired) electrons. The van der Waals surface area contributed by atoms with E-state index in [2.05, 4.69) is 29.2 Å². The molecule has 3 aliphatic rings. The van der Waals surface area contributed by atoms with Gasteiger partial charge in [0.2, 0.25) is 0 Å². The van der Waals surface area contributed by atoms with Crippen molar-refractivity contribution in [1.82, 2.24) is 4.90 Å². The molecule has 4 heteroatoms. The maximum atomic E-state index is 12.4. The van der Waals surface area contributed by atoms with Gasteiger partial charge in [-0.3, -0.25) is 4.79 Å². The lowest BCUT2D eigenvalue weighted by Crippen LogP contribution is -2.55. The summed E-state index contributed by atoms with van der Waals surface area (Å²) in [4.78, 5) is 16.9. The number of rotatable bonds is 1. The number of nitrogens with zero attached hydrogens (tertiary/aromatic N) is 2. The molecule has 4 nitrogen and oxygen atoms in total. The van der Waals surface area contributed by atoms with Gasteiger partial charge in [-0.15, -0.1) is 0 Å². The molecule has 0 N–H and O–H groups in total. The van der Waals surface area contributed by atoms with Gasteiger partial charge in [0.25, 0.3) is 5.91 Å². The second-order valence-electron chi connectivity index (χ2n) is 5.97. The van der Waals surface area contributed by atoms with Crippen LogP contribution in [-0.2, 0) is 16.0 Å². The van der Waals surface area contributed by atoms with E-state index in [1.165, 1.54) is 11.3 Å². The first-order valence-corrected chi connectivity index (χ1v) is 7.58. The molecular formula is C16H20N2O2. The first kappa shape index (κ1) is 12.2. The fourth-order valence-corrected chi connectivity index (χ4v) is 3.74. The Balaban J connectivity index is 1.48. The minimum atomic E-state index is -0.176. The van der Waals surface area contributed by atoms with Gasteiger partial charge in [-0.2, -0.15) is 0 Å². The zero-order valence-corrected chi connectivity index (χ0v) is 11.6. The number of anilines is 1. The molecule has 0 aliphatic carbocycles. The highest BCUT2D eigenvalue weighted by atomic mass is 16.5. The molecule has 0 spiro atoms. The fourth-order valence-electron chi connectivity index (χ4n) is 3.74. The Hall–Kier alpha value is -1.55. The van der Waals surface area contributed by atoms with E-state index in [4.69, 9.17) is 4.74 Å². The lowest BCUT2D eigenvalue weighted by molar-refractivity contribution is -0.141. The Morgan fingerprint density at radius 2 is 2.15 bits per heavy atom. The molecule has 2 saturated heterocycles. The highest BCUT2D eigenvalue weighted by Crippen LogP contribution is 2.34. The smallest absolute Gasteiger partial charge is 0.251 e. The van der Waals surface area contributed by atoms with Crippen LogP contribution in [0.2, 0.25) is 0 Å². The molecule has 3 aliphatic heterocycles. The van der Waals surface area contributed by atoms with E-state index in [1.54, 1.807) is 0 Å². The van der Waals surface area contributed by atoms with Crippen LogP contribution in [0, 0.1) is 0 Å². The number of carbonyl (C=O) groups excluding carboxylic acids is 1. The maximum absolute atomic E-state index is 12.4. The van der Waals surface area contributed by atoms with Crippen molar-refractivity contribution in [3.05, 3.63) is 29.8 Å². The predicted octanol–water partition coefficient (Wildman–Crippen LogP) is 1.44. The third-order valence-corrected chi connectivity index (χ3v) is 4.76. The van der Waals surface area contributed by atoms with Crippen LogP contribution in [0.25, 0.3) is 0 Å². The molecule has 1 amide bonds. The summed E-state index contributed by atoms with van der Waals surface area (Å²) >= 11 is 0. The zero-order valence-electron chi connectivity index (χ0n) is 11.6. The summed E-state index contributed by atoms with van der Waals surface area (Å²) in [5, 5.41) is 0. The fraction of sp³-hybridized carbons (Fsp3) is 0.562. The first-order valence-electron chi connectivity index (χ1n) is 7.58. The van der Waals surface area contributed by atoms with Gasteiger partial charge >= 0.3 is 0 Å². The van der Waals surface area contributed by atoms with E-state index >= 15 is 0 Å². The second-order valence-corrected chi connectivity index (χ2v) is 5.97. The molecular weight excluding hydrogens is 252 g/mol. The van der Waals surface area contributed by atoms with E-state index in [9.17, 15) is 4.79 Å². The van der Waals surface area contributed by atoms with Crippen molar-refractivity contribution in [3.63, 3.8) is 0 Å². The summed E-state index contributed by atoms with van der Waals surface area (Å²) in [6.07, 6.45) is 2.80. The molecule has 2 atom stereocenters. The average Bonchev–Trinajstić information content (AvgIpc) is 3.13. The third-order valence-electron chi connectivity index (χ3n) is 4.76. The standard InChI is InChI=1S/C16H20N2O2/c19-16(15-6-3-9-20-15)17-7-8-18-13(11-17)10-12-4-1-2-5-14(12)18/h1-2,4-5,13,15H,3,6-11H2. The summed E-state index contributed by atoms with van der Waals surface area (Å²) in [5.41, 5.74) is 2.78. The van der Waals surface area contributed by atoms with Crippen molar-refractivity contribution in [2.45, 2.75) is 31.4 Å². The van der Waals surface area contributed by atoms with E-state index in [1.807, 2.05) is 4.90 Å². The Kier molecular flexibility index (Phi) is 2.91. The summed E-state index contributed by atoms with van der Waals surface area (Å²) in [5.74, 6) is 0.207. The van der Waals surface area contributed by atoms with Crippen LogP contribution < -0.4 is 4.90 Å². The highest BCUT2D eigenvalue weighted by Gasteiger charge is 2.37. The Bertz CT molecular complexity index is 525. The highest BCUT2D eigenvalue weighted by molar-refractivity contribution is 5.81. The summed E-state index contributed by atoms with van der Waals surface area (Å²) < 4.78 is 5.54. The van der Waals surface area contributed by atoms with Gasteiger partial charge in [-0.25, -0.2) is 0 Å². The van der Waals surface area contributed by atoms with Gasteiger partial charge in [-0.1, -0.05) is 18.2 Å². The molecule has 3 heterocycles. The number of benzene rings is 1. The van der Waals surface area contributed by atoms with E-state index < -0.39 is 0 Å². The Morgan fingerprint density at radius 3 is 3.00 bits per heavy atom. The zero-order chi connectivity index (χ0) is 13.5. The molecule has 2 fully saturated rings. The topological polar surface area (TPSA) is 32.8 Å². The largest absolute Gasteiger partial charge is 0.368 e. The van der Waals surface area contributed by atoms with Crippen molar-refractivity contribution in [2.24, 2.45) is 0 Å². The number of ether oxygens (including phenoxy) is 1. The predicted molar refractivity (Wildman–Crippen MR) is 76.8 cm³/mol. The van der Waals surface area contributed by atoms with Gasteiger partial charge < -0.3 is 14.5 Å². The van der Waals surface area contributed by atoms with Crippen LogP contribution >= 0.6 is 0 Å². The van der Waals surface area contributed by atoms with Gasteiger partial charge in [0, 0.05) is 31.9 Å². The quantitative estimate of drug-likeness (QED) is 0.775. The second kappa shape index (κ2) is 4.77. The molecule has 1 aromatic carbocycles. The minimum absolute atomic E-state index is 0.176. The normalized spacial score (nSPS) is 28.4. The van der Waals surface area contributed by atoms with Crippen LogP contribution in [0.15, 0.2) is 24.3 Å². The Labute approximate surface area is 119 Å². The van der Waals surface area contributed by atoms with Gasteiger partial charge in [0.15, 0.2) is 0 Å². The summed E-state index contributed by atoms with van der Waals surface area (Å²) in [7, 11) is 0. The molecule has 4 rings (SSSR count). The maximum Gasteiger partial charge on any atom is 0.251 e. The van der Waals surface area contributed by atoms with Crippen molar-refractivity contribution in [2.75, 3.05) is 31.1 Å². The SMILES string of the molecule is O=C(C1CCCO1)N1CCN2c3ccccc3CC2C1. The van der Waals surface area contributed by atoms with Crippen molar-refractivity contribution in [3.8, 4) is 0 Å². The van der Waals surface area contributed by atoms with Gasteiger partial charge in [-0.05, 0) is 30.9 Å². The number of fused-ring (bicyclic) bond motifs is 3. The minimum Gasteiger partial charge on any atom is -0.368 e. The Morgan fingerprint density at radius 1 is 1.25 bits per heavy atom. The number of para-hydroxylation sites is 1. The number of hydrogen-bond donors (Lipinski definition) is 0. The number of carbonyl (C=O) groups is 1. The lowest BCUT2D eigenvalue weighted by atomic mass is 10.1. The van der Waals surface area contributed by atoms with Crippen molar-refractivity contribution >= 4 is 11.6 Å². The first-order chi connectivity index (χ1) is 9.83. The van der Waals surface area contributed by atoms with Crippen molar-refractivity contribution < 1.29 is 9.53 Å². The molecule has 2 unspecified atom stereocenters. The monoisotopic (exact) mass is 272 g/mol. The third kappa shape index (κ3) is 1.90. The van der Waals surface area contributed by atoms with Gasteiger partial charge in [0.05, 0.1) is 6.04 Å². The van der Waals surface area contributed by atoms with Crippen LogP contribution in [0.4, 0.5) is 5.69 Å². The summed E-state index contributed by atoms with van der Waals surface area (Å²) in [6, 6.07) is 9.07. The van der Waals surface area contributed by atoms with Crippen LogP contribution in [0.5, 0.6) is 0 Å². The number of amides is 1. The molecule has 106 valence electrons. The lowest BCUT2D eigenvalue weighted by Gasteiger charge is -2.39. The van der Waals surface area contributed by atoms with Crippen molar-refractivity contribution in [1.29, 1.82) is 0 Å². The van der Waals surface area contributed by atoms with Gasteiger partial charge in [0.1, 0.15) is 6.10 Å². The molecule has 0 aromatic heterocycles.